The van der Waals surface area contributed by atoms with Crippen LogP contribution in [0, 0.1) is 13.8 Å². The third-order valence-corrected chi connectivity index (χ3v) is 5.76. The van der Waals surface area contributed by atoms with Gasteiger partial charge in [-0.1, -0.05) is 11.3 Å². The molecular weight excluding hydrogens is 376 g/mol. The van der Waals surface area contributed by atoms with Crippen molar-refractivity contribution < 1.29 is 19.0 Å². The average molecular weight is 401 g/mol. The number of aromatic nitrogens is 1. The number of hydrogen-bond acceptors (Lipinski definition) is 5. The third-order valence-electron chi connectivity index (χ3n) is 4.72. The molecule has 1 aromatic heterocycles. The van der Waals surface area contributed by atoms with Crippen LogP contribution in [0.4, 0.5) is 0 Å². The van der Waals surface area contributed by atoms with Crippen molar-refractivity contribution in [2.75, 3.05) is 21.3 Å². The summed E-state index contributed by atoms with van der Waals surface area (Å²) in [5, 5.41) is 0. The Labute approximate surface area is 168 Å². The number of amides is 1. The van der Waals surface area contributed by atoms with Crippen LogP contribution in [0.25, 0.3) is 10.2 Å². The molecule has 28 heavy (non-hydrogen) atoms. The molecule has 0 N–H and O–H groups in total. The predicted octanol–water partition coefficient (Wildman–Crippen LogP) is 4.11. The number of nitrogens with zero attached hydrogens (tertiary/aromatic N) is 2. The first kappa shape index (κ1) is 19.9. The van der Waals surface area contributed by atoms with Crippen LogP contribution in [-0.2, 0) is 6.54 Å². The van der Waals surface area contributed by atoms with E-state index in [1.54, 1.807) is 12.1 Å². The van der Waals surface area contributed by atoms with Crippen molar-refractivity contribution in [1.82, 2.24) is 4.57 Å². The van der Waals surface area contributed by atoms with Gasteiger partial charge in [0.05, 0.1) is 31.5 Å². The second kappa shape index (κ2) is 8.06. The lowest BCUT2D eigenvalue weighted by atomic mass is 10.1. The van der Waals surface area contributed by atoms with E-state index in [1.165, 1.54) is 43.8 Å². The quantitative estimate of drug-likeness (QED) is 0.647. The predicted molar refractivity (Wildman–Crippen MR) is 111 cm³/mol. The average Bonchev–Trinajstić information content (AvgIpc) is 3.02. The van der Waals surface area contributed by atoms with Gasteiger partial charge in [-0.3, -0.25) is 4.79 Å². The standard InChI is InChI=1S/C21H24N2O4S/c1-7-23-15-8-12(2)13(3)9-18(15)28-21(23)22-20(24)14-10-16(25-4)19(27-6)17(11-14)26-5/h8-11H,7H2,1-6H3. The molecule has 7 heteroatoms. The maximum absolute atomic E-state index is 12.9. The molecule has 0 radical (unpaired) electrons. The largest absolute Gasteiger partial charge is 0.493 e. The summed E-state index contributed by atoms with van der Waals surface area (Å²) in [5.41, 5.74) is 3.91. The van der Waals surface area contributed by atoms with Gasteiger partial charge in [0.1, 0.15) is 0 Å². The highest BCUT2D eigenvalue weighted by molar-refractivity contribution is 7.16. The zero-order chi connectivity index (χ0) is 20.4. The van der Waals surface area contributed by atoms with Crippen molar-refractivity contribution in [2.24, 2.45) is 4.99 Å². The molecule has 3 aromatic rings. The molecule has 0 saturated heterocycles. The lowest BCUT2D eigenvalue weighted by Crippen LogP contribution is -2.16. The van der Waals surface area contributed by atoms with Crippen molar-refractivity contribution in [3.8, 4) is 17.2 Å². The van der Waals surface area contributed by atoms with Gasteiger partial charge < -0.3 is 18.8 Å². The van der Waals surface area contributed by atoms with Crippen LogP contribution in [0.3, 0.4) is 0 Å². The van der Waals surface area contributed by atoms with Gasteiger partial charge in [-0.25, -0.2) is 0 Å². The van der Waals surface area contributed by atoms with Crippen molar-refractivity contribution in [1.29, 1.82) is 0 Å². The highest BCUT2D eigenvalue weighted by Gasteiger charge is 2.17. The minimum absolute atomic E-state index is 0.360. The number of methoxy groups -OCH3 is 3. The molecule has 0 unspecified atom stereocenters. The molecule has 0 spiro atoms. The minimum Gasteiger partial charge on any atom is -0.493 e. The van der Waals surface area contributed by atoms with E-state index in [0.29, 0.717) is 27.6 Å². The van der Waals surface area contributed by atoms with E-state index < -0.39 is 0 Å². The summed E-state index contributed by atoms with van der Waals surface area (Å²) in [6, 6.07) is 7.52. The zero-order valence-electron chi connectivity index (χ0n) is 17.0. The Bertz CT molecular complexity index is 1090. The normalized spacial score (nSPS) is 11.7. The molecule has 0 bridgehead atoms. The highest BCUT2D eigenvalue weighted by Crippen LogP contribution is 2.38. The molecule has 1 amide bonds. The minimum atomic E-state index is -0.360. The summed E-state index contributed by atoms with van der Waals surface area (Å²) in [4.78, 5) is 18.0. The number of ether oxygens (including phenoxy) is 3. The second-order valence-corrected chi connectivity index (χ2v) is 7.37. The summed E-state index contributed by atoms with van der Waals surface area (Å²) in [6.07, 6.45) is 0. The molecule has 1 heterocycles. The van der Waals surface area contributed by atoms with Gasteiger partial charge in [0.15, 0.2) is 16.3 Å². The number of aryl methyl sites for hydroxylation is 3. The van der Waals surface area contributed by atoms with Gasteiger partial charge in [0, 0.05) is 12.1 Å². The Morgan fingerprint density at radius 1 is 1.00 bits per heavy atom. The first-order valence-corrected chi connectivity index (χ1v) is 9.74. The maximum atomic E-state index is 12.9. The summed E-state index contributed by atoms with van der Waals surface area (Å²) in [7, 11) is 4.56. The Morgan fingerprint density at radius 2 is 1.61 bits per heavy atom. The topological polar surface area (TPSA) is 62.1 Å². The molecule has 3 rings (SSSR count). The Balaban J connectivity index is 2.15. The summed E-state index contributed by atoms with van der Waals surface area (Å²) < 4.78 is 19.2. The van der Waals surface area contributed by atoms with Gasteiger partial charge in [-0.05, 0) is 56.2 Å². The summed E-state index contributed by atoms with van der Waals surface area (Å²) in [5.74, 6) is 0.928. The van der Waals surface area contributed by atoms with Gasteiger partial charge >= 0.3 is 0 Å². The number of carbonyl (C=O) groups is 1. The fraction of sp³-hybridized carbons (Fsp3) is 0.333. The number of rotatable bonds is 5. The van der Waals surface area contributed by atoms with Crippen molar-refractivity contribution >= 4 is 27.5 Å². The number of benzene rings is 2. The van der Waals surface area contributed by atoms with E-state index >= 15 is 0 Å². The van der Waals surface area contributed by atoms with Crippen LogP contribution in [0.5, 0.6) is 17.2 Å². The van der Waals surface area contributed by atoms with Crippen LogP contribution >= 0.6 is 11.3 Å². The van der Waals surface area contributed by atoms with Crippen molar-refractivity contribution in [3.63, 3.8) is 0 Å². The molecule has 148 valence electrons. The van der Waals surface area contributed by atoms with Gasteiger partial charge in [-0.2, -0.15) is 4.99 Å². The SMILES string of the molecule is CCn1c(=NC(=O)c2cc(OC)c(OC)c(OC)c2)sc2cc(C)c(C)cc21. The first-order chi connectivity index (χ1) is 13.4. The van der Waals surface area contributed by atoms with Gasteiger partial charge in [0.25, 0.3) is 5.91 Å². The van der Waals surface area contributed by atoms with E-state index in [1.807, 2.05) is 6.92 Å². The first-order valence-electron chi connectivity index (χ1n) is 8.93. The zero-order valence-corrected chi connectivity index (χ0v) is 17.8. The van der Waals surface area contributed by atoms with Crippen molar-refractivity contribution in [2.45, 2.75) is 27.3 Å². The smallest absolute Gasteiger partial charge is 0.279 e. The Kier molecular flexibility index (Phi) is 5.74. The molecule has 0 aliphatic carbocycles. The second-order valence-electron chi connectivity index (χ2n) is 6.36. The van der Waals surface area contributed by atoms with E-state index in [2.05, 4.69) is 35.5 Å². The number of hydrogen-bond donors (Lipinski definition) is 0. The molecular formula is C21H24N2O4S. The number of fused-ring (bicyclic) bond motifs is 1. The number of carbonyl (C=O) groups excluding carboxylic acids is 1. The van der Waals surface area contributed by atoms with E-state index in [0.717, 1.165) is 16.8 Å². The highest BCUT2D eigenvalue weighted by atomic mass is 32.1. The lowest BCUT2D eigenvalue weighted by Gasteiger charge is -2.12. The van der Waals surface area contributed by atoms with Crippen LogP contribution in [0.15, 0.2) is 29.3 Å². The molecule has 0 fully saturated rings. The third kappa shape index (κ3) is 3.49. The molecule has 6 nitrogen and oxygen atoms in total. The molecule has 0 atom stereocenters. The lowest BCUT2D eigenvalue weighted by molar-refractivity contribution is 0.0997. The van der Waals surface area contributed by atoms with E-state index in [4.69, 9.17) is 14.2 Å². The Morgan fingerprint density at radius 3 is 2.14 bits per heavy atom. The molecule has 0 aliphatic rings. The van der Waals surface area contributed by atoms with Crippen LogP contribution < -0.4 is 19.0 Å². The van der Waals surface area contributed by atoms with Gasteiger partial charge in [0.2, 0.25) is 5.75 Å². The summed E-state index contributed by atoms with van der Waals surface area (Å²) >= 11 is 1.51. The fourth-order valence-electron chi connectivity index (χ4n) is 3.07. The van der Waals surface area contributed by atoms with Crippen LogP contribution in [0.1, 0.15) is 28.4 Å². The molecule has 2 aromatic carbocycles. The van der Waals surface area contributed by atoms with E-state index in [-0.39, 0.29) is 5.91 Å². The Hall–Kier alpha value is -2.80. The fourth-order valence-corrected chi connectivity index (χ4v) is 4.24. The molecule has 0 saturated carbocycles. The molecule has 0 aliphatic heterocycles. The van der Waals surface area contributed by atoms with E-state index in [9.17, 15) is 4.79 Å². The van der Waals surface area contributed by atoms with Gasteiger partial charge in [-0.15, -0.1) is 0 Å². The van der Waals surface area contributed by atoms with Crippen molar-refractivity contribution in [3.05, 3.63) is 45.8 Å². The van der Waals surface area contributed by atoms with Crippen LogP contribution in [-0.4, -0.2) is 31.8 Å². The number of thiazole rings is 1. The monoisotopic (exact) mass is 400 g/mol. The summed E-state index contributed by atoms with van der Waals surface area (Å²) in [6.45, 7) is 6.95. The maximum Gasteiger partial charge on any atom is 0.279 e. The van der Waals surface area contributed by atoms with Crippen LogP contribution in [0.2, 0.25) is 0 Å².